The van der Waals surface area contributed by atoms with E-state index in [9.17, 15) is 9.59 Å². The van der Waals surface area contributed by atoms with E-state index < -0.39 is 0 Å². The number of hydrogen-bond acceptors (Lipinski definition) is 5. The molecule has 0 spiro atoms. The Bertz CT molecular complexity index is 1000. The van der Waals surface area contributed by atoms with Crippen LogP contribution in [0.2, 0.25) is 0 Å². The molecule has 4 rings (SSSR count). The number of hydrogen-bond donors (Lipinski definition) is 1. The Morgan fingerprint density at radius 1 is 1.21 bits per heavy atom. The van der Waals surface area contributed by atoms with Crippen molar-refractivity contribution in [1.82, 2.24) is 14.9 Å². The summed E-state index contributed by atoms with van der Waals surface area (Å²) in [6.07, 6.45) is 1.55. The van der Waals surface area contributed by atoms with Crippen LogP contribution in [0.5, 0.6) is 5.75 Å². The minimum Gasteiger partial charge on any atom is -0.497 e. The molecule has 7 heteroatoms. The number of nitrogens with zero attached hydrogens (tertiary/aromatic N) is 2. The Morgan fingerprint density at radius 3 is 2.61 bits per heavy atom. The number of rotatable bonds is 4. The fourth-order valence-electron chi connectivity index (χ4n) is 3.50. The first-order chi connectivity index (χ1) is 13.6. The van der Waals surface area contributed by atoms with Gasteiger partial charge in [-0.1, -0.05) is 0 Å². The number of benzene rings is 1. The van der Waals surface area contributed by atoms with Gasteiger partial charge in [0.2, 0.25) is 0 Å². The molecule has 1 aliphatic rings. The Kier molecular flexibility index (Phi) is 5.25. The number of ether oxygens (including phenoxy) is 1. The third-order valence-electron chi connectivity index (χ3n) is 5.08. The minimum absolute atomic E-state index is 0.0228. The van der Waals surface area contributed by atoms with Crippen molar-refractivity contribution in [1.29, 1.82) is 0 Å². The molecule has 28 heavy (non-hydrogen) atoms. The van der Waals surface area contributed by atoms with Crippen molar-refractivity contribution in [3.8, 4) is 17.0 Å². The van der Waals surface area contributed by atoms with Gasteiger partial charge in [-0.05, 0) is 48.6 Å². The number of aromatic nitrogens is 2. The van der Waals surface area contributed by atoms with Crippen molar-refractivity contribution < 1.29 is 9.53 Å². The lowest BCUT2D eigenvalue weighted by Gasteiger charge is -2.31. The zero-order chi connectivity index (χ0) is 19.5. The monoisotopic (exact) mass is 395 g/mol. The second-order valence-corrected chi connectivity index (χ2v) is 7.60. The van der Waals surface area contributed by atoms with Crippen molar-refractivity contribution >= 4 is 17.2 Å². The number of piperidine rings is 1. The van der Waals surface area contributed by atoms with Gasteiger partial charge in [0.15, 0.2) is 0 Å². The maximum atomic E-state index is 12.7. The molecular weight excluding hydrogens is 374 g/mol. The summed E-state index contributed by atoms with van der Waals surface area (Å²) in [7, 11) is 1.60. The lowest BCUT2D eigenvalue weighted by atomic mass is 9.95. The van der Waals surface area contributed by atoms with Crippen LogP contribution in [-0.2, 0) is 0 Å². The highest BCUT2D eigenvalue weighted by Crippen LogP contribution is 2.28. The van der Waals surface area contributed by atoms with E-state index >= 15 is 0 Å². The molecule has 0 atom stereocenters. The molecule has 1 aliphatic heterocycles. The molecule has 0 aliphatic carbocycles. The summed E-state index contributed by atoms with van der Waals surface area (Å²) < 4.78 is 5.14. The first-order valence-electron chi connectivity index (χ1n) is 9.21. The summed E-state index contributed by atoms with van der Waals surface area (Å²) in [5.74, 6) is 1.61. The highest BCUT2D eigenvalue weighted by Gasteiger charge is 2.26. The van der Waals surface area contributed by atoms with Crippen molar-refractivity contribution in [3.05, 3.63) is 68.9 Å². The van der Waals surface area contributed by atoms with Crippen LogP contribution in [-0.4, -0.2) is 41.0 Å². The largest absolute Gasteiger partial charge is 0.497 e. The summed E-state index contributed by atoms with van der Waals surface area (Å²) in [4.78, 5) is 34.2. The molecule has 0 unspecified atom stereocenters. The van der Waals surface area contributed by atoms with Crippen LogP contribution in [0.3, 0.4) is 0 Å². The van der Waals surface area contributed by atoms with Crippen LogP contribution in [0, 0.1) is 0 Å². The minimum atomic E-state index is -0.136. The van der Waals surface area contributed by atoms with E-state index in [4.69, 9.17) is 4.74 Å². The van der Waals surface area contributed by atoms with Crippen molar-refractivity contribution in [3.63, 3.8) is 0 Å². The smallest absolute Gasteiger partial charge is 0.253 e. The quantitative estimate of drug-likeness (QED) is 0.733. The number of H-pyrrole nitrogens is 1. The predicted molar refractivity (Wildman–Crippen MR) is 109 cm³/mol. The van der Waals surface area contributed by atoms with Crippen molar-refractivity contribution in [2.75, 3.05) is 20.2 Å². The molecule has 3 aromatic rings. The summed E-state index contributed by atoms with van der Waals surface area (Å²) in [6, 6.07) is 10.7. The molecule has 0 bridgehead atoms. The lowest BCUT2D eigenvalue weighted by Crippen LogP contribution is -2.38. The van der Waals surface area contributed by atoms with Gasteiger partial charge in [0.05, 0.1) is 12.8 Å². The first-order valence-corrected chi connectivity index (χ1v) is 10.2. The molecule has 1 fully saturated rings. The fourth-order valence-corrected chi connectivity index (χ4v) is 4.15. The highest BCUT2D eigenvalue weighted by atomic mass is 32.1. The van der Waals surface area contributed by atoms with E-state index in [0.29, 0.717) is 30.2 Å². The Hall–Kier alpha value is -2.93. The summed E-state index contributed by atoms with van der Waals surface area (Å²) in [6.45, 7) is 1.28. The van der Waals surface area contributed by atoms with Crippen molar-refractivity contribution in [2.24, 2.45) is 0 Å². The lowest BCUT2D eigenvalue weighted by molar-refractivity contribution is 0.0711. The number of aromatic amines is 1. The zero-order valence-corrected chi connectivity index (χ0v) is 16.4. The number of carbonyl (C=O) groups is 1. The third-order valence-corrected chi connectivity index (χ3v) is 5.77. The van der Waals surface area contributed by atoms with Crippen LogP contribution in [0.1, 0.15) is 34.9 Å². The third kappa shape index (κ3) is 3.84. The molecule has 1 saturated heterocycles. The number of thiophene rings is 1. The average molecular weight is 395 g/mol. The molecule has 3 heterocycles. The van der Waals surface area contributed by atoms with Gasteiger partial charge >= 0.3 is 0 Å². The Labute approximate surface area is 166 Å². The maximum Gasteiger partial charge on any atom is 0.253 e. The zero-order valence-electron chi connectivity index (χ0n) is 15.6. The van der Waals surface area contributed by atoms with Gasteiger partial charge in [-0.2, -0.15) is 11.3 Å². The molecular formula is C21H21N3O3S. The number of carbonyl (C=O) groups excluding carboxylic acids is 1. The summed E-state index contributed by atoms with van der Waals surface area (Å²) in [5.41, 5.74) is 2.19. The van der Waals surface area contributed by atoms with Gasteiger partial charge in [0, 0.05) is 41.6 Å². The topological polar surface area (TPSA) is 75.3 Å². The van der Waals surface area contributed by atoms with E-state index in [2.05, 4.69) is 9.97 Å². The standard InChI is InChI=1S/C21H21N3O3S/c1-27-17-4-2-15(3-5-17)21(26)24-9-6-14(7-10-24)20-22-18(12-19(25)23-20)16-8-11-28-13-16/h2-5,8,11-14H,6-7,9-10H2,1H3,(H,22,23,25). The van der Waals surface area contributed by atoms with Gasteiger partial charge < -0.3 is 14.6 Å². The van der Waals surface area contributed by atoms with Crippen molar-refractivity contribution in [2.45, 2.75) is 18.8 Å². The molecule has 0 radical (unpaired) electrons. The molecule has 144 valence electrons. The fraction of sp³-hybridized carbons (Fsp3) is 0.286. The van der Waals surface area contributed by atoms with Gasteiger partial charge in [-0.15, -0.1) is 0 Å². The second kappa shape index (κ2) is 7.98. The van der Waals surface area contributed by atoms with Crippen LogP contribution in [0.15, 0.2) is 52.0 Å². The normalized spacial score (nSPS) is 14.8. The Balaban J connectivity index is 1.45. The first kappa shape index (κ1) is 18.4. The Morgan fingerprint density at radius 2 is 1.96 bits per heavy atom. The van der Waals surface area contributed by atoms with Crippen LogP contribution >= 0.6 is 11.3 Å². The SMILES string of the molecule is COc1ccc(C(=O)N2CCC(c3nc(-c4ccsc4)cc(=O)[nH]3)CC2)cc1. The number of likely N-dealkylation sites (tertiary alicyclic amines) is 1. The number of nitrogens with one attached hydrogen (secondary N) is 1. The molecule has 2 aromatic heterocycles. The number of amides is 1. The van der Waals surface area contributed by atoms with Crippen LogP contribution in [0.25, 0.3) is 11.3 Å². The predicted octanol–water partition coefficient (Wildman–Crippen LogP) is 3.53. The summed E-state index contributed by atoms with van der Waals surface area (Å²) in [5, 5.41) is 3.96. The van der Waals surface area contributed by atoms with Gasteiger partial charge in [-0.25, -0.2) is 4.98 Å². The molecule has 1 amide bonds. The molecule has 1 aromatic carbocycles. The molecule has 1 N–H and O–H groups in total. The van der Waals surface area contributed by atoms with Gasteiger partial charge in [-0.3, -0.25) is 9.59 Å². The van der Waals surface area contributed by atoms with E-state index in [1.54, 1.807) is 42.7 Å². The summed E-state index contributed by atoms with van der Waals surface area (Å²) >= 11 is 1.58. The average Bonchev–Trinajstić information content (AvgIpc) is 3.28. The van der Waals surface area contributed by atoms with Gasteiger partial charge in [0.25, 0.3) is 11.5 Å². The maximum absolute atomic E-state index is 12.7. The molecule has 0 saturated carbocycles. The van der Waals surface area contributed by atoms with Crippen LogP contribution in [0.4, 0.5) is 0 Å². The van der Waals surface area contributed by atoms with Gasteiger partial charge in [0.1, 0.15) is 11.6 Å². The molecule has 6 nitrogen and oxygen atoms in total. The highest BCUT2D eigenvalue weighted by molar-refractivity contribution is 7.08. The number of methoxy groups -OCH3 is 1. The second-order valence-electron chi connectivity index (χ2n) is 6.82. The van der Waals surface area contributed by atoms with E-state index in [1.807, 2.05) is 21.7 Å². The van der Waals surface area contributed by atoms with E-state index in [1.165, 1.54) is 6.07 Å². The van der Waals surface area contributed by atoms with E-state index in [0.717, 1.165) is 24.2 Å². The van der Waals surface area contributed by atoms with E-state index in [-0.39, 0.29) is 17.4 Å². The van der Waals surface area contributed by atoms with Crippen LogP contribution < -0.4 is 10.3 Å².